The van der Waals surface area contributed by atoms with E-state index in [9.17, 15) is 4.79 Å². The molecular formula is C22H22ClN3O3. The lowest BCUT2D eigenvalue weighted by atomic mass is 10.0. The molecular weight excluding hydrogens is 390 g/mol. The molecule has 1 fully saturated rings. The summed E-state index contributed by atoms with van der Waals surface area (Å²) in [5, 5.41) is 4.67. The average molecular weight is 412 g/mol. The number of ether oxygens (including phenoxy) is 1. The Bertz CT molecular complexity index is 1000. The molecule has 2 aromatic carbocycles. The van der Waals surface area contributed by atoms with E-state index in [1.807, 2.05) is 35.2 Å². The summed E-state index contributed by atoms with van der Waals surface area (Å²) in [5.41, 5.74) is 1.41. The van der Waals surface area contributed by atoms with Crippen molar-refractivity contribution in [2.24, 2.45) is 5.92 Å². The molecule has 0 saturated carbocycles. The molecule has 1 aliphatic heterocycles. The van der Waals surface area contributed by atoms with E-state index in [-0.39, 0.29) is 12.5 Å². The molecule has 150 valence electrons. The largest absolute Gasteiger partial charge is 0.483 e. The van der Waals surface area contributed by atoms with E-state index in [0.29, 0.717) is 34.0 Å². The third kappa shape index (κ3) is 4.59. The van der Waals surface area contributed by atoms with Gasteiger partial charge < -0.3 is 14.2 Å². The molecule has 1 aromatic heterocycles. The monoisotopic (exact) mass is 411 g/mol. The van der Waals surface area contributed by atoms with Gasteiger partial charge in [-0.25, -0.2) is 0 Å². The number of halogens is 1. The molecule has 1 saturated heterocycles. The number of nitrogens with zero attached hydrogens (tertiary/aromatic N) is 3. The first-order valence-electron chi connectivity index (χ1n) is 9.70. The molecule has 29 heavy (non-hydrogen) atoms. The number of carbonyl (C=O) groups is 1. The second-order valence-corrected chi connectivity index (χ2v) is 7.74. The van der Waals surface area contributed by atoms with E-state index in [4.69, 9.17) is 20.9 Å². The van der Waals surface area contributed by atoms with Crippen LogP contribution in [0.4, 0.5) is 0 Å². The molecule has 0 bridgehead atoms. The number of hydrogen-bond acceptors (Lipinski definition) is 5. The zero-order valence-corrected chi connectivity index (χ0v) is 16.9. The number of benzene rings is 2. The van der Waals surface area contributed by atoms with Crippen molar-refractivity contribution in [1.82, 2.24) is 15.0 Å². The van der Waals surface area contributed by atoms with Crippen LogP contribution in [0.2, 0.25) is 5.02 Å². The zero-order chi connectivity index (χ0) is 20.2. The normalized spacial score (nSPS) is 16.6. The van der Waals surface area contributed by atoms with Crippen molar-refractivity contribution in [3.8, 4) is 28.6 Å². The molecule has 6 nitrogen and oxygen atoms in total. The van der Waals surface area contributed by atoms with Crippen molar-refractivity contribution in [2.45, 2.75) is 19.8 Å². The zero-order valence-electron chi connectivity index (χ0n) is 16.2. The first kappa shape index (κ1) is 19.5. The van der Waals surface area contributed by atoms with Crippen LogP contribution in [0.1, 0.15) is 19.8 Å². The second-order valence-electron chi connectivity index (χ2n) is 7.31. The third-order valence-electron chi connectivity index (χ3n) is 4.99. The minimum atomic E-state index is -0.0112. The Morgan fingerprint density at radius 1 is 1.28 bits per heavy atom. The molecule has 0 N–H and O–H groups in total. The molecule has 7 heteroatoms. The summed E-state index contributed by atoms with van der Waals surface area (Å²) in [4.78, 5) is 18.9. The van der Waals surface area contributed by atoms with Gasteiger partial charge in [-0.05, 0) is 49.1 Å². The van der Waals surface area contributed by atoms with E-state index < -0.39 is 0 Å². The highest BCUT2D eigenvalue weighted by molar-refractivity contribution is 6.30. The van der Waals surface area contributed by atoms with E-state index in [1.54, 1.807) is 18.2 Å². The van der Waals surface area contributed by atoms with Gasteiger partial charge in [0.2, 0.25) is 5.82 Å². The van der Waals surface area contributed by atoms with Crippen LogP contribution >= 0.6 is 11.6 Å². The number of amides is 1. The fourth-order valence-corrected chi connectivity index (χ4v) is 3.69. The first-order chi connectivity index (χ1) is 14.1. The highest BCUT2D eigenvalue weighted by Crippen LogP contribution is 2.30. The van der Waals surface area contributed by atoms with Crippen LogP contribution in [0.15, 0.2) is 53.1 Å². The minimum Gasteiger partial charge on any atom is -0.483 e. The summed E-state index contributed by atoms with van der Waals surface area (Å²) < 4.78 is 11.2. The van der Waals surface area contributed by atoms with E-state index in [2.05, 4.69) is 17.1 Å². The summed E-state index contributed by atoms with van der Waals surface area (Å²) in [6.07, 6.45) is 2.21. The van der Waals surface area contributed by atoms with Gasteiger partial charge in [0.1, 0.15) is 5.75 Å². The molecule has 1 atom stereocenters. The third-order valence-corrected chi connectivity index (χ3v) is 5.22. The molecule has 1 aliphatic rings. The van der Waals surface area contributed by atoms with Crippen molar-refractivity contribution in [2.75, 3.05) is 19.7 Å². The van der Waals surface area contributed by atoms with Gasteiger partial charge >= 0.3 is 0 Å². The maximum atomic E-state index is 12.5. The van der Waals surface area contributed by atoms with Crippen molar-refractivity contribution >= 4 is 17.5 Å². The minimum absolute atomic E-state index is 0.000850. The van der Waals surface area contributed by atoms with E-state index >= 15 is 0 Å². The predicted molar refractivity (Wildman–Crippen MR) is 111 cm³/mol. The first-order valence-corrected chi connectivity index (χ1v) is 10.1. The van der Waals surface area contributed by atoms with Gasteiger partial charge in [-0.2, -0.15) is 4.98 Å². The van der Waals surface area contributed by atoms with Crippen LogP contribution in [0.5, 0.6) is 5.75 Å². The molecule has 3 aromatic rings. The number of carbonyl (C=O) groups excluding carboxylic acids is 1. The Hall–Kier alpha value is -2.86. The Labute approximate surface area is 174 Å². The fourth-order valence-electron chi connectivity index (χ4n) is 3.50. The maximum Gasteiger partial charge on any atom is 0.260 e. The molecule has 0 aliphatic carbocycles. The van der Waals surface area contributed by atoms with Crippen LogP contribution < -0.4 is 4.74 Å². The lowest BCUT2D eigenvalue weighted by molar-refractivity contribution is -0.135. The van der Waals surface area contributed by atoms with Gasteiger partial charge in [-0.15, -0.1) is 0 Å². The summed E-state index contributed by atoms with van der Waals surface area (Å²) in [6, 6.07) is 14.6. The lowest BCUT2D eigenvalue weighted by Crippen LogP contribution is -2.41. The number of piperidine rings is 1. The topological polar surface area (TPSA) is 68.5 Å². The average Bonchev–Trinajstić information content (AvgIpc) is 3.22. The Morgan fingerprint density at radius 3 is 2.97 bits per heavy atom. The number of likely N-dealkylation sites (tertiary alicyclic amines) is 1. The molecule has 2 heterocycles. The summed E-state index contributed by atoms with van der Waals surface area (Å²) in [5.74, 6) is 1.85. The van der Waals surface area contributed by atoms with Crippen LogP contribution in [-0.4, -0.2) is 40.6 Å². The summed E-state index contributed by atoms with van der Waals surface area (Å²) in [7, 11) is 0. The van der Waals surface area contributed by atoms with Gasteiger partial charge in [-0.3, -0.25) is 4.79 Å². The number of para-hydroxylation sites is 1. The van der Waals surface area contributed by atoms with Gasteiger partial charge in [0, 0.05) is 23.7 Å². The van der Waals surface area contributed by atoms with Gasteiger partial charge in [0.05, 0.1) is 5.56 Å². The van der Waals surface area contributed by atoms with Crippen LogP contribution in [0.3, 0.4) is 0 Å². The maximum absolute atomic E-state index is 12.5. The SMILES string of the molecule is C[C@H]1CCCN(C(=O)COc2ccccc2-c2noc(-c3cccc(Cl)c3)n2)C1. The summed E-state index contributed by atoms with van der Waals surface area (Å²) in [6.45, 7) is 3.74. The van der Waals surface area contributed by atoms with Gasteiger partial charge in [0.15, 0.2) is 6.61 Å². The Balaban J connectivity index is 1.49. The van der Waals surface area contributed by atoms with Crippen molar-refractivity contribution in [3.63, 3.8) is 0 Å². The lowest BCUT2D eigenvalue weighted by Gasteiger charge is -2.30. The second kappa shape index (κ2) is 8.66. The van der Waals surface area contributed by atoms with E-state index in [0.717, 1.165) is 25.1 Å². The molecule has 0 spiro atoms. The smallest absolute Gasteiger partial charge is 0.260 e. The molecule has 4 rings (SSSR count). The van der Waals surface area contributed by atoms with Crippen molar-refractivity contribution < 1.29 is 14.1 Å². The standard InChI is InChI=1S/C22H22ClN3O3/c1-15-6-5-11-26(13-15)20(27)14-28-19-10-3-2-9-18(19)21-24-22(29-25-21)16-7-4-8-17(23)12-16/h2-4,7-10,12,15H,5-6,11,13-14H2,1H3/t15-/m0/s1. The Morgan fingerprint density at radius 2 is 2.14 bits per heavy atom. The number of aromatic nitrogens is 2. The van der Waals surface area contributed by atoms with Gasteiger partial charge in [0.25, 0.3) is 11.8 Å². The number of hydrogen-bond donors (Lipinski definition) is 0. The summed E-state index contributed by atoms with van der Waals surface area (Å²) >= 11 is 6.04. The molecule has 0 radical (unpaired) electrons. The Kier molecular flexibility index (Phi) is 5.81. The van der Waals surface area contributed by atoms with Crippen LogP contribution in [0, 0.1) is 5.92 Å². The fraction of sp³-hybridized carbons (Fsp3) is 0.318. The predicted octanol–water partition coefficient (Wildman–Crippen LogP) is 4.69. The quantitative estimate of drug-likeness (QED) is 0.609. The van der Waals surface area contributed by atoms with Crippen LogP contribution in [0.25, 0.3) is 22.8 Å². The van der Waals surface area contributed by atoms with E-state index in [1.165, 1.54) is 6.42 Å². The highest BCUT2D eigenvalue weighted by atomic mass is 35.5. The van der Waals surface area contributed by atoms with Crippen molar-refractivity contribution in [1.29, 1.82) is 0 Å². The number of rotatable bonds is 5. The van der Waals surface area contributed by atoms with Crippen LogP contribution in [-0.2, 0) is 4.79 Å². The van der Waals surface area contributed by atoms with Crippen molar-refractivity contribution in [3.05, 3.63) is 53.6 Å². The highest BCUT2D eigenvalue weighted by Gasteiger charge is 2.22. The molecule has 1 amide bonds. The molecule has 0 unspecified atom stereocenters. The van der Waals surface area contributed by atoms with Gasteiger partial charge in [-0.1, -0.05) is 41.9 Å².